The lowest BCUT2D eigenvalue weighted by molar-refractivity contribution is -0.117. The number of anilines is 2. The third-order valence-corrected chi connectivity index (χ3v) is 6.84. The van der Waals surface area contributed by atoms with Crippen molar-refractivity contribution >= 4 is 29.0 Å². The van der Waals surface area contributed by atoms with Crippen LogP contribution in [0, 0.1) is 0 Å². The lowest BCUT2D eigenvalue weighted by atomic mass is 9.89. The fourth-order valence-corrected chi connectivity index (χ4v) is 4.96. The van der Waals surface area contributed by atoms with Gasteiger partial charge in [0.2, 0.25) is 5.91 Å². The molecule has 2 aromatic carbocycles. The third kappa shape index (κ3) is 4.43. The van der Waals surface area contributed by atoms with Gasteiger partial charge in [-0.1, -0.05) is 67.4 Å². The maximum Gasteiger partial charge on any atom is 0.244 e. The zero-order valence-electron chi connectivity index (χ0n) is 17.6. The number of amides is 1. The van der Waals surface area contributed by atoms with E-state index in [0.717, 1.165) is 22.4 Å². The van der Waals surface area contributed by atoms with Gasteiger partial charge >= 0.3 is 0 Å². The molecule has 6 heteroatoms. The molecule has 0 saturated heterocycles. The molecule has 1 unspecified atom stereocenters. The highest BCUT2D eigenvalue weighted by Gasteiger charge is 2.27. The van der Waals surface area contributed by atoms with Crippen LogP contribution in [-0.2, 0) is 11.8 Å². The van der Waals surface area contributed by atoms with E-state index in [-0.39, 0.29) is 11.2 Å². The summed E-state index contributed by atoms with van der Waals surface area (Å²) in [5.41, 5.74) is 1.73. The molecule has 1 aromatic heterocycles. The van der Waals surface area contributed by atoms with Gasteiger partial charge in [-0.3, -0.25) is 9.69 Å². The van der Waals surface area contributed by atoms with Crippen molar-refractivity contribution in [2.75, 3.05) is 4.90 Å². The van der Waals surface area contributed by atoms with E-state index in [0.29, 0.717) is 5.92 Å². The van der Waals surface area contributed by atoms with Crippen LogP contribution < -0.4 is 4.90 Å². The van der Waals surface area contributed by atoms with Crippen molar-refractivity contribution in [2.45, 2.75) is 55.4 Å². The predicted molar refractivity (Wildman–Crippen MR) is 122 cm³/mol. The Kier molecular flexibility index (Phi) is 6.53. The van der Waals surface area contributed by atoms with E-state index < -0.39 is 0 Å². The van der Waals surface area contributed by atoms with Gasteiger partial charge in [-0.15, -0.1) is 10.2 Å². The Labute approximate surface area is 182 Å². The summed E-state index contributed by atoms with van der Waals surface area (Å²) in [7, 11) is 2.02. The van der Waals surface area contributed by atoms with E-state index in [1.165, 1.54) is 43.9 Å². The highest BCUT2D eigenvalue weighted by molar-refractivity contribution is 8.00. The summed E-state index contributed by atoms with van der Waals surface area (Å²) in [6.07, 6.45) is 6.20. The Morgan fingerprint density at radius 1 is 0.967 bits per heavy atom. The normalized spacial score (nSPS) is 15.7. The Hall–Kier alpha value is -2.60. The van der Waals surface area contributed by atoms with Crippen molar-refractivity contribution in [3.8, 4) is 0 Å². The molecule has 0 bridgehead atoms. The molecule has 30 heavy (non-hydrogen) atoms. The minimum atomic E-state index is -0.299. The Balaban J connectivity index is 1.55. The highest BCUT2D eigenvalue weighted by atomic mass is 32.2. The average molecular weight is 421 g/mol. The second-order valence-electron chi connectivity index (χ2n) is 7.84. The van der Waals surface area contributed by atoms with Gasteiger partial charge in [-0.05, 0) is 44.0 Å². The maximum atomic E-state index is 13.5. The summed E-state index contributed by atoms with van der Waals surface area (Å²) in [5, 5.41) is 9.41. The van der Waals surface area contributed by atoms with Crippen molar-refractivity contribution in [1.82, 2.24) is 14.8 Å². The summed E-state index contributed by atoms with van der Waals surface area (Å²) >= 11 is 1.48. The molecule has 3 aromatic rings. The summed E-state index contributed by atoms with van der Waals surface area (Å²) in [6.45, 7) is 1.95. The first-order chi connectivity index (χ1) is 14.6. The Morgan fingerprint density at radius 3 is 2.10 bits per heavy atom. The molecule has 0 radical (unpaired) electrons. The topological polar surface area (TPSA) is 51.0 Å². The number of benzene rings is 2. The summed E-state index contributed by atoms with van der Waals surface area (Å²) in [6, 6.07) is 19.6. The highest BCUT2D eigenvalue weighted by Crippen LogP contribution is 2.34. The van der Waals surface area contributed by atoms with Crippen molar-refractivity contribution < 1.29 is 4.79 Å². The van der Waals surface area contributed by atoms with Gasteiger partial charge in [-0.25, -0.2) is 0 Å². The van der Waals surface area contributed by atoms with Crippen molar-refractivity contribution in [3.05, 3.63) is 66.5 Å². The lowest BCUT2D eigenvalue weighted by Gasteiger charge is -2.26. The molecule has 0 N–H and O–H groups in total. The van der Waals surface area contributed by atoms with Crippen molar-refractivity contribution in [3.63, 3.8) is 0 Å². The van der Waals surface area contributed by atoms with Crippen LogP contribution in [0.25, 0.3) is 0 Å². The number of para-hydroxylation sites is 2. The summed E-state index contributed by atoms with van der Waals surface area (Å²) < 4.78 is 2.08. The fraction of sp³-hybridized carbons (Fsp3) is 0.375. The van der Waals surface area contributed by atoms with Crippen LogP contribution in [-0.4, -0.2) is 25.9 Å². The second kappa shape index (κ2) is 9.47. The standard InChI is InChI=1S/C24H28N4OS/c1-18(30-24-26-25-22(27(24)2)19-12-6-3-7-13-19)23(29)28(20-14-8-4-9-15-20)21-16-10-5-11-17-21/h4-5,8-11,14-19H,3,6-7,12-13H2,1-2H3. The minimum absolute atomic E-state index is 0.0274. The summed E-state index contributed by atoms with van der Waals surface area (Å²) in [4.78, 5) is 15.3. The lowest BCUT2D eigenvalue weighted by Crippen LogP contribution is -2.33. The molecule has 5 nitrogen and oxygen atoms in total. The van der Waals surface area contributed by atoms with Gasteiger partial charge in [0.05, 0.1) is 5.25 Å². The van der Waals surface area contributed by atoms with Gasteiger partial charge in [0.15, 0.2) is 5.16 Å². The first kappa shape index (κ1) is 20.7. The molecule has 1 aliphatic carbocycles. The first-order valence-electron chi connectivity index (χ1n) is 10.6. The van der Waals surface area contributed by atoms with E-state index in [9.17, 15) is 4.79 Å². The number of rotatable bonds is 6. The van der Waals surface area contributed by atoms with Gasteiger partial charge in [0.25, 0.3) is 0 Å². The fourth-order valence-electron chi connectivity index (χ4n) is 4.09. The Bertz CT molecular complexity index is 928. The van der Waals surface area contributed by atoms with Crippen LogP contribution in [0.15, 0.2) is 65.8 Å². The average Bonchev–Trinajstić information content (AvgIpc) is 3.16. The second-order valence-corrected chi connectivity index (χ2v) is 9.15. The minimum Gasteiger partial charge on any atom is -0.309 e. The molecule has 1 fully saturated rings. The van der Waals surface area contributed by atoms with E-state index in [1.54, 1.807) is 4.90 Å². The number of carbonyl (C=O) groups excluding carboxylic acids is 1. The van der Waals surface area contributed by atoms with Crippen LogP contribution in [0.2, 0.25) is 0 Å². The van der Waals surface area contributed by atoms with Crippen LogP contribution >= 0.6 is 11.8 Å². The molecule has 1 atom stereocenters. The van der Waals surface area contributed by atoms with E-state index >= 15 is 0 Å². The molecule has 0 spiro atoms. The number of carbonyl (C=O) groups is 1. The third-order valence-electron chi connectivity index (χ3n) is 5.72. The number of thioether (sulfide) groups is 1. The van der Waals surface area contributed by atoms with Crippen molar-refractivity contribution in [1.29, 1.82) is 0 Å². The van der Waals surface area contributed by atoms with Crippen LogP contribution in [0.1, 0.15) is 50.8 Å². The van der Waals surface area contributed by atoms with Gasteiger partial charge < -0.3 is 4.57 Å². The van der Waals surface area contributed by atoms with Gasteiger partial charge in [0, 0.05) is 24.3 Å². The van der Waals surface area contributed by atoms with E-state index in [2.05, 4.69) is 14.8 Å². The molecule has 1 heterocycles. The molecule has 1 amide bonds. The predicted octanol–water partition coefficient (Wildman–Crippen LogP) is 5.71. The molecule has 156 valence electrons. The first-order valence-corrected chi connectivity index (χ1v) is 11.5. The van der Waals surface area contributed by atoms with E-state index in [1.807, 2.05) is 74.6 Å². The number of hydrogen-bond acceptors (Lipinski definition) is 4. The van der Waals surface area contributed by atoms with Crippen LogP contribution in [0.5, 0.6) is 0 Å². The molecular formula is C24H28N4OS. The largest absolute Gasteiger partial charge is 0.309 e. The van der Waals surface area contributed by atoms with Crippen LogP contribution in [0.3, 0.4) is 0 Å². The molecule has 1 saturated carbocycles. The Morgan fingerprint density at radius 2 is 1.53 bits per heavy atom. The van der Waals surface area contributed by atoms with Crippen LogP contribution in [0.4, 0.5) is 11.4 Å². The number of aromatic nitrogens is 3. The van der Waals surface area contributed by atoms with Gasteiger partial charge in [0.1, 0.15) is 5.82 Å². The smallest absolute Gasteiger partial charge is 0.244 e. The zero-order valence-corrected chi connectivity index (χ0v) is 18.4. The van der Waals surface area contributed by atoms with Gasteiger partial charge in [-0.2, -0.15) is 0 Å². The molecule has 1 aliphatic rings. The molecular weight excluding hydrogens is 392 g/mol. The van der Waals surface area contributed by atoms with E-state index in [4.69, 9.17) is 0 Å². The summed E-state index contributed by atoms with van der Waals surface area (Å²) in [5.74, 6) is 1.57. The number of hydrogen-bond donors (Lipinski definition) is 0. The SMILES string of the molecule is CC(Sc1nnc(C2CCCCC2)n1C)C(=O)N(c1ccccc1)c1ccccc1. The van der Waals surface area contributed by atoms with Crippen molar-refractivity contribution in [2.24, 2.45) is 7.05 Å². The monoisotopic (exact) mass is 420 g/mol. The molecule has 0 aliphatic heterocycles. The quantitative estimate of drug-likeness (QED) is 0.479. The number of nitrogens with zero attached hydrogens (tertiary/aromatic N) is 4. The maximum absolute atomic E-state index is 13.5. The molecule has 4 rings (SSSR count). The zero-order chi connectivity index (χ0) is 20.9.